The first-order valence-corrected chi connectivity index (χ1v) is 11.0. The molecular formula is C16H31AsN2O3S. The summed E-state index contributed by atoms with van der Waals surface area (Å²) >= 11 is 3.18. The number of amides is 2. The molecule has 1 fully saturated rings. The van der Waals surface area contributed by atoms with Crippen LogP contribution >= 0.6 is 11.8 Å². The van der Waals surface area contributed by atoms with Gasteiger partial charge in [0.05, 0.1) is 0 Å². The molecule has 0 aliphatic heterocycles. The molecule has 0 heterocycles. The number of hydrogen-bond donors (Lipinski definition) is 3. The molecule has 23 heavy (non-hydrogen) atoms. The Hall–Kier alpha value is -0.192. The summed E-state index contributed by atoms with van der Waals surface area (Å²) in [6.07, 6.45) is 6.03. The second kappa shape index (κ2) is 11.4. The van der Waals surface area contributed by atoms with Crippen LogP contribution in [0, 0.1) is 5.92 Å². The quantitative estimate of drug-likeness (QED) is 0.421. The molecule has 1 aliphatic carbocycles. The molecule has 1 rings (SSSR count). The van der Waals surface area contributed by atoms with Crippen molar-refractivity contribution >= 4 is 40.4 Å². The monoisotopic (exact) mass is 406 g/mol. The third kappa shape index (κ3) is 9.02. The number of hydrogen-bond acceptors (Lipinski definition) is 4. The van der Waals surface area contributed by atoms with E-state index in [9.17, 15) is 14.7 Å². The maximum absolute atomic E-state index is 11.9. The van der Waals surface area contributed by atoms with Crippen molar-refractivity contribution in [1.29, 1.82) is 0 Å². The van der Waals surface area contributed by atoms with E-state index in [2.05, 4.69) is 24.7 Å². The van der Waals surface area contributed by atoms with Crippen LogP contribution < -0.4 is 10.9 Å². The molecular weight excluding hydrogens is 375 g/mol. The molecule has 134 valence electrons. The van der Waals surface area contributed by atoms with Gasteiger partial charge in [-0.05, 0) is 0 Å². The van der Waals surface area contributed by atoms with Crippen molar-refractivity contribution in [2.45, 2.75) is 74.9 Å². The van der Waals surface area contributed by atoms with E-state index in [0.717, 1.165) is 25.0 Å². The van der Waals surface area contributed by atoms with Gasteiger partial charge in [0.1, 0.15) is 0 Å². The number of hydrazine groups is 1. The number of aliphatic hydroxyl groups excluding tert-OH is 1. The van der Waals surface area contributed by atoms with Gasteiger partial charge in [0.2, 0.25) is 0 Å². The van der Waals surface area contributed by atoms with Crippen LogP contribution in [0.2, 0.25) is 4.71 Å². The van der Waals surface area contributed by atoms with E-state index in [4.69, 9.17) is 0 Å². The van der Waals surface area contributed by atoms with Crippen LogP contribution in [0.4, 0.5) is 0 Å². The molecule has 0 radical (unpaired) electrons. The molecule has 0 bridgehead atoms. The van der Waals surface area contributed by atoms with Gasteiger partial charge in [-0.15, -0.1) is 0 Å². The summed E-state index contributed by atoms with van der Waals surface area (Å²) in [5, 5.41) is 10.6. The van der Waals surface area contributed by atoms with Crippen molar-refractivity contribution in [3.8, 4) is 0 Å². The van der Waals surface area contributed by atoms with Gasteiger partial charge in [-0.3, -0.25) is 0 Å². The zero-order valence-corrected chi connectivity index (χ0v) is 17.5. The van der Waals surface area contributed by atoms with Crippen LogP contribution in [-0.2, 0) is 9.59 Å². The summed E-state index contributed by atoms with van der Waals surface area (Å²) in [5.41, 5.74) is 4.81. The van der Waals surface area contributed by atoms with Gasteiger partial charge in [0.25, 0.3) is 0 Å². The first-order valence-electron chi connectivity index (χ1n) is 8.54. The molecule has 1 aliphatic rings. The van der Waals surface area contributed by atoms with Gasteiger partial charge in [-0.25, -0.2) is 0 Å². The maximum atomic E-state index is 11.9. The van der Waals surface area contributed by atoms with E-state index >= 15 is 0 Å². The summed E-state index contributed by atoms with van der Waals surface area (Å²) in [6.45, 7) is 4.26. The Bertz CT molecular complexity index is 376. The predicted octanol–water partition coefficient (Wildman–Crippen LogP) is 1.42. The Morgan fingerprint density at radius 3 is 2.48 bits per heavy atom. The molecule has 2 amide bonds. The normalized spacial score (nSPS) is 18.5. The van der Waals surface area contributed by atoms with E-state index < -0.39 is 12.0 Å². The number of carbonyl (C=O) groups is 2. The second-order valence-electron chi connectivity index (χ2n) is 6.56. The fourth-order valence-corrected chi connectivity index (χ4v) is 4.80. The van der Waals surface area contributed by atoms with Gasteiger partial charge < -0.3 is 0 Å². The molecule has 0 aromatic carbocycles. The summed E-state index contributed by atoms with van der Waals surface area (Å²) in [5.74, 6) is 0.691. The summed E-state index contributed by atoms with van der Waals surface area (Å²) in [6, 6.07) is 0. The average Bonchev–Trinajstić information content (AvgIpc) is 2.52. The van der Waals surface area contributed by atoms with Crippen molar-refractivity contribution in [3.05, 3.63) is 0 Å². The second-order valence-corrected chi connectivity index (χ2v) is 10.0. The van der Waals surface area contributed by atoms with Gasteiger partial charge >= 0.3 is 152 Å². The Labute approximate surface area is 152 Å². The van der Waals surface area contributed by atoms with Crippen LogP contribution in [0.3, 0.4) is 0 Å². The van der Waals surface area contributed by atoms with E-state index in [-0.39, 0.29) is 10.6 Å². The Kier molecular flexibility index (Phi) is 10.3. The van der Waals surface area contributed by atoms with Gasteiger partial charge in [-0.1, -0.05) is 0 Å². The number of nitrogens with one attached hydrogen (secondary N) is 2. The number of rotatable bonds is 8. The van der Waals surface area contributed by atoms with Crippen LogP contribution in [0.15, 0.2) is 0 Å². The first kappa shape index (κ1) is 20.9. The fraction of sp³-hybridized carbons (Fsp3) is 0.875. The Balaban J connectivity index is 2.21. The fourth-order valence-electron chi connectivity index (χ4n) is 2.70. The molecule has 0 spiro atoms. The van der Waals surface area contributed by atoms with E-state index in [1.807, 2.05) is 11.8 Å². The van der Waals surface area contributed by atoms with Gasteiger partial charge in [-0.2, -0.15) is 0 Å². The topological polar surface area (TPSA) is 78.4 Å². The number of aliphatic hydroxyl groups is 1. The third-order valence-electron chi connectivity index (χ3n) is 4.10. The zero-order valence-electron chi connectivity index (χ0n) is 14.2. The summed E-state index contributed by atoms with van der Waals surface area (Å²) in [7, 11) is 0. The molecule has 1 saturated carbocycles. The summed E-state index contributed by atoms with van der Waals surface area (Å²) < 4.78 is -0.0657. The minimum absolute atomic E-state index is 0.0657. The van der Waals surface area contributed by atoms with Crippen LogP contribution in [0.1, 0.15) is 58.8 Å². The predicted molar refractivity (Wildman–Crippen MR) is 98.0 cm³/mol. The van der Waals surface area contributed by atoms with E-state index in [0.29, 0.717) is 17.6 Å². The minimum atomic E-state index is -1.06. The molecule has 0 aromatic heterocycles. The van der Waals surface area contributed by atoms with Crippen molar-refractivity contribution < 1.29 is 14.7 Å². The average molecular weight is 406 g/mol. The van der Waals surface area contributed by atoms with Crippen molar-refractivity contribution in [2.24, 2.45) is 5.92 Å². The standard InChI is InChI=1S/C16H31AsN2O3S/c1-11(2)23-9-8-13(17)15(21)16(22)19-18-14(20)10-12-6-4-3-5-7-12/h11-13,15,21H,3-10,17H2,1-2H3,(H,18,20)(H,19,22)/t13-,15?/m1/s1. The number of thioether (sulfide) groups is 1. The van der Waals surface area contributed by atoms with Crippen molar-refractivity contribution in [2.75, 3.05) is 5.75 Å². The van der Waals surface area contributed by atoms with Crippen molar-refractivity contribution in [3.63, 3.8) is 0 Å². The summed E-state index contributed by atoms with van der Waals surface area (Å²) in [4.78, 5) is 23.8. The molecule has 3 N–H and O–H groups in total. The van der Waals surface area contributed by atoms with E-state index in [1.54, 1.807) is 0 Å². The van der Waals surface area contributed by atoms with Crippen LogP contribution in [-0.4, -0.2) is 50.9 Å². The first-order chi connectivity index (χ1) is 10.9. The third-order valence-corrected chi connectivity index (χ3v) is 6.70. The van der Waals surface area contributed by atoms with Crippen LogP contribution in [0.25, 0.3) is 0 Å². The molecule has 0 aromatic rings. The molecule has 5 nitrogen and oxygen atoms in total. The number of carbonyl (C=O) groups excluding carboxylic acids is 2. The Morgan fingerprint density at radius 2 is 1.87 bits per heavy atom. The van der Waals surface area contributed by atoms with Gasteiger partial charge in [0, 0.05) is 0 Å². The van der Waals surface area contributed by atoms with Gasteiger partial charge in [0.15, 0.2) is 0 Å². The van der Waals surface area contributed by atoms with E-state index in [1.165, 1.54) is 36.1 Å². The Morgan fingerprint density at radius 1 is 1.22 bits per heavy atom. The molecule has 7 heteroatoms. The SMILES string of the molecule is CC(C)SCC[C@@H]([AsH2])C(O)C(=O)NNC(=O)CC1CCCCC1. The molecule has 0 saturated heterocycles. The molecule has 2 unspecified atom stereocenters. The van der Waals surface area contributed by atoms with Crippen LogP contribution in [0.5, 0.6) is 0 Å². The zero-order chi connectivity index (χ0) is 17.2. The van der Waals surface area contributed by atoms with Crippen molar-refractivity contribution in [1.82, 2.24) is 10.9 Å². The molecule has 3 atom stereocenters.